The third kappa shape index (κ3) is 13.1. The summed E-state index contributed by atoms with van der Waals surface area (Å²) in [4.78, 5) is 9.19. The smallest absolute Gasteiger partial charge is 0.189 e. The number of phenols is 1. The van der Waals surface area contributed by atoms with Gasteiger partial charge in [0.15, 0.2) is 17.5 Å². The number of aliphatic imine (C=N–C) groups is 1. The highest BCUT2D eigenvalue weighted by Gasteiger charge is 2.65. The van der Waals surface area contributed by atoms with Crippen LogP contribution in [0.1, 0.15) is 193 Å². The number of H-pyrrole nitrogens is 1. The van der Waals surface area contributed by atoms with Crippen LogP contribution in [-0.4, -0.2) is 99.9 Å². The zero-order chi connectivity index (χ0) is 62.2. The molecule has 2 aromatic heterocycles. The first kappa shape index (κ1) is 64.5. The van der Waals surface area contributed by atoms with E-state index in [1.807, 2.05) is 53.8 Å². The summed E-state index contributed by atoms with van der Waals surface area (Å²) in [6, 6.07) is 21.5. The number of furan rings is 1. The Labute approximate surface area is 544 Å². The lowest BCUT2D eigenvalue weighted by Crippen LogP contribution is -2.55. The Morgan fingerprint density at radius 3 is 2.46 bits per heavy atom. The molecule has 9 aliphatic carbocycles. The van der Waals surface area contributed by atoms with Crippen LogP contribution in [0.2, 0.25) is 0 Å². The van der Waals surface area contributed by atoms with E-state index in [-0.39, 0.29) is 65.2 Å². The predicted molar refractivity (Wildman–Crippen MR) is 366 cm³/mol. The van der Waals surface area contributed by atoms with Crippen molar-refractivity contribution in [3.05, 3.63) is 130 Å². The van der Waals surface area contributed by atoms with Gasteiger partial charge in [-0.1, -0.05) is 121 Å². The second-order valence-electron chi connectivity index (χ2n) is 30.1. The number of ether oxygens (including phenoxy) is 1. The van der Waals surface area contributed by atoms with Crippen molar-refractivity contribution in [1.82, 2.24) is 20.9 Å². The Balaban J connectivity index is 0.633. The van der Waals surface area contributed by atoms with E-state index in [1.165, 1.54) is 100 Å². The number of allylic oxidation sites excluding steroid dienone is 4. The second-order valence-corrected chi connectivity index (χ2v) is 32.7. The van der Waals surface area contributed by atoms with E-state index >= 15 is 0 Å². The third-order valence-electron chi connectivity index (χ3n) is 25.0. The molecule has 0 radical (unpaired) electrons. The standard InChI is InChI=1S/C75H107N7O6S2/c1-46(84)40-79-63(41-78-3)70-57-39-62(81-71(57)58-26-32-75(70)29-10-15-69(75)74(58)27-7-8-28-74)66(86)43-87-68-35-50(19-22-65(68)85)18-21-56-36-54(42-83)67(88-56)23-20-51-24-30-73-31-25-52-37-59(73)53(33-51)38-61(76)60(73)44-89-90-45-64(47(52)2)82-72(77)80-55-14-9-13-49(34-55)17-16-48-11-5-4-6-12-48/h4-6,11-12,19,22,25-26,31-32,35-36,39,46-47,49,51-53,55,58-61,63-64,66,69-70,78-79,81,83-86H,7-10,13-18,20-21,23-24,27-30,33-34,37-38,40-45,76H2,1-3H3,(H3,77,80,82)/t46-,47+,49+,51+,52+,53+,55+,58+,59+,60-,61-,63-,64-,66-,69+,70+,73-,75+/m0/s1. The number of hydrogen-bond donors (Lipinski definition) is 10. The van der Waals surface area contributed by atoms with Gasteiger partial charge in [-0.25, -0.2) is 4.99 Å². The number of benzene rings is 2. The van der Waals surface area contributed by atoms with Gasteiger partial charge in [0.25, 0.3) is 0 Å². The fraction of sp³-hybridized carbons (Fsp3) is 0.667. The molecule has 11 aliphatic rings. The average Bonchev–Trinajstić information content (AvgIpc) is 1.51. The zero-order valence-electron chi connectivity index (χ0n) is 54.1. The maximum Gasteiger partial charge on any atom is 0.189 e. The van der Waals surface area contributed by atoms with Crippen molar-refractivity contribution in [3.63, 3.8) is 0 Å². The molecule has 5 saturated carbocycles. The zero-order valence-corrected chi connectivity index (χ0v) is 55.8. The molecule has 6 fully saturated rings. The van der Waals surface area contributed by atoms with Crippen LogP contribution in [0.15, 0.2) is 94.4 Å². The lowest BCUT2D eigenvalue weighted by Gasteiger charge is -2.56. The van der Waals surface area contributed by atoms with Gasteiger partial charge >= 0.3 is 0 Å². The molecule has 490 valence electrons. The van der Waals surface area contributed by atoms with Crippen molar-refractivity contribution in [3.8, 4) is 11.5 Å². The Morgan fingerprint density at radius 2 is 1.63 bits per heavy atom. The van der Waals surface area contributed by atoms with Gasteiger partial charge in [0.1, 0.15) is 24.2 Å². The van der Waals surface area contributed by atoms with Gasteiger partial charge in [0.05, 0.1) is 18.8 Å². The molecule has 7 bridgehead atoms. The molecule has 15 heteroatoms. The number of aromatic hydroxyl groups is 1. The average molecular weight is 1270 g/mol. The van der Waals surface area contributed by atoms with Gasteiger partial charge in [-0.3, -0.25) is 0 Å². The highest BCUT2D eigenvalue weighted by Crippen LogP contribution is 2.73. The van der Waals surface area contributed by atoms with E-state index in [0.717, 1.165) is 91.3 Å². The number of aliphatic hydroxyl groups is 3. The summed E-state index contributed by atoms with van der Waals surface area (Å²) < 4.78 is 13.0. The molecule has 1 saturated heterocycles. The Morgan fingerprint density at radius 1 is 0.822 bits per heavy atom. The number of fused-ring (bicyclic) bond motifs is 5. The summed E-state index contributed by atoms with van der Waals surface area (Å²) in [7, 11) is 6.03. The largest absolute Gasteiger partial charge is 0.504 e. The molecule has 3 spiro atoms. The monoisotopic (exact) mass is 1270 g/mol. The van der Waals surface area contributed by atoms with Gasteiger partial charge < -0.3 is 62.0 Å². The Hall–Kier alpha value is -4.19. The molecule has 90 heavy (non-hydrogen) atoms. The number of guanidine groups is 1. The number of nitrogens with one attached hydrogen (secondary N) is 4. The molecule has 18 atom stereocenters. The van der Waals surface area contributed by atoms with Crippen LogP contribution >= 0.6 is 21.6 Å². The molecule has 0 amide bonds. The van der Waals surface area contributed by atoms with E-state index in [2.05, 4.69) is 88.6 Å². The Kier molecular flexibility index (Phi) is 20.1. The fourth-order valence-electron chi connectivity index (χ4n) is 20.7. The molecular formula is C75H107N7O6S2. The van der Waals surface area contributed by atoms with Gasteiger partial charge in [-0.05, 0) is 209 Å². The van der Waals surface area contributed by atoms with Crippen LogP contribution in [0.5, 0.6) is 11.5 Å². The summed E-state index contributed by atoms with van der Waals surface area (Å²) in [5.74, 6) is 9.53. The first-order chi connectivity index (χ1) is 43.8. The number of aromatic nitrogens is 1. The summed E-state index contributed by atoms with van der Waals surface area (Å²) in [5, 5.41) is 55.4. The topological polar surface area (TPSA) is 220 Å². The lowest BCUT2D eigenvalue weighted by molar-refractivity contribution is -0.00497. The molecule has 0 unspecified atom stereocenters. The minimum atomic E-state index is -0.944. The number of rotatable bonds is 22. The highest BCUT2D eigenvalue weighted by atomic mass is 33.1. The molecule has 13 nitrogen and oxygen atoms in total. The van der Waals surface area contributed by atoms with Gasteiger partial charge in [-0.2, -0.15) is 0 Å². The van der Waals surface area contributed by atoms with Crippen LogP contribution < -0.4 is 32.2 Å². The van der Waals surface area contributed by atoms with Gasteiger partial charge in [-0.15, -0.1) is 0 Å². The number of aliphatic hydroxyl groups excluding tert-OH is 3. The van der Waals surface area contributed by atoms with Crippen molar-refractivity contribution in [2.24, 2.45) is 80.0 Å². The fourth-order valence-corrected chi connectivity index (χ4v) is 23.5. The van der Waals surface area contributed by atoms with Crippen molar-refractivity contribution in [2.75, 3.05) is 38.2 Å². The van der Waals surface area contributed by atoms with Crippen molar-refractivity contribution >= 4 is 27.5 Å². The number of likely N-dealkylation sites (N-methyl/N-ethyl adjacent to an activating group) is 1. The van der Waals surface area contributed by atoms with Crippen LogP contribution in [0.25, 0.3) is 0 Å². The SMILES string of the molecule is CNC[C@H](NC[C@H](C)O)[C@H]1c2cc([C@@H](O)COc3cc(CCc4cc(CO)c(CC[C@@H]5CC[C@]67C=C[C@@H]8C[C@@H]6[C@H](C5)C[C@H](N)[C@@H]7CSSC[C@H](N=C(N)N[C@@H]5CCC[C@H](CCc6ccccc6)C5)[C@@H]8C)o4)ccc3O)[nH]c2[C@H]2C=C[C@@]13CCC[C@@H]3C21CCCC1. The molecule has 2 aromatic carbocycles. The van der Waals surface area contributed by atoms with Crippen LogP contribution in [0.4, 0.5) is 0 Å². The minimum Gasteiger partial charge on any atom is -0.504 e. The molecule has 12 N–H and O–H groups in total. The molecule has 15 rings (SSSR count). The van der Waals surface area contributed by atoms with Crippen molar-refractivity contribution in [1.29, 1.82) is 0 Å². The van der Waals surface area contributed by atoms with Crippen LogP contribution in [0, 0.1) is 63.6 Å². The van der Waals surface area contributed by atoms with Crippen molar-refractivity contribution in [2.45, 2.75) is 210 Å². The lowest BCUT2D eigenvalue weighted by atomic mass is 9.50. The number of phenolic OH excluding ortho intramolecular Hbond substituents is 1. The van der Waals surface area contributed by atoms with E-state index in [9.17, 15) is 20.4 Å². The molecule has 4 aromatic rings. The summed E-state index contributed by atoms with van der Waals surface area (Å²) in [6.45, 7) is 5.50. The summed E-state index contributed by atoms with van der Waals surface area (Å²) in [6.07, 6.45) is 33.8. The first-order valence-electron chi connectivity index (χ1n) is 35.4. The van der Waals surface area contributed by atoms with Gasteiger partial charge in [0, 0.05) is 89.8 Å². The number of hydrogen-bond acceptors (Lipinski definition) is 12. The number of aromatic amines is 1. The first-order valence-corrected chi connectivity index (χ1v) is 37.9. The van der Waals surface area contributed by atoms with Crippen LogP contribution in [-0.2, 0) is 32.3 Å². The number of nitrogens with two attached hydrogens (primary N) is 2. The number of nitrogens with zero attached hydrogens (tertiary/aromatic N) is 1. The van der Waals surface area contributed by atoms with Crippen LogP contribution in [0.3, 0.4) is 0 Å². The minimum absolute atomic E-state index is 0.00148. The van der Waals surface area contributed by atoms with Gasteiger partial charge in [0.2, 0.25) is 0 Å². The van der Waals surface area contributed by atoms with E-state index in [1.54, 1.807) is 6.07 Å². The molecular weight excluding hydrogens is 1160 g/mol. The normalized spacial score (nSPS) is 34.5. The maximum atomic E-state index is 12.0. The Bertz CT molecular complexity index is 3140. The van der Waals surface area contributed by atoms with Crippen molar-refractivity contribution < 1.29 is 29.6 Å². The quantitative estimate of drug-likeness (QED) is 0.0153. The summed E-state index contributed by atoms with van der Waals surface area (Å²) in [5.41, 5.74) is 21.1. The number of aryl methyl sites for hydroxylation is 4. The van der Waals surface area contributed by atoms with E-state index in [0.29, 0.717) is 84.5 Å². The summed E-state index contributed by atoms with van der Waals surface area (Å²) >= 11 is 0. The predicted octanol–water partition coefficient (Wildman–Crippen LogP) is 12.7. The third-order valence-corrected chi connectivity index (χ3v) is 27.4. The second kappa shape index (κ2) is 28.0. The molecule has 4 heterocycles. The highest BCUT2D eigenvalue weighted by molar-refractivity contribution is 8.76. The molecule has 2 aliphatic heterocycles. The van der Waals surface area contributed by atoms with E-state index in [4.69, 9.17) is 25.6 Å². The maximum absolute atomic E-state index is 12.0. The van der Waals surface area contributed by atoms with E-state index < -0.39 is 12.2 Å².